The van der Waals surface area contributed by atoms with Crippen LogP contribution < -0.4 is 15.6 Å². The van der Waals surface area contributed by atoms with Crippen molar-refractivity contribution in [2.24, 2.45) is 5.10 Å². The fraction of sp³-hybridized carbons (Fsp3) is 0.625. The third-order valence-corrected chi connectivity index (χ3v) is 5.47. The smallest absolute Gasteiger partial charge is 0.187 e. The fourth-order valence-corrected chi connectivity index (χ4v) is 3.97. The molecule has 2 N–H and O–H groups in total. The van der Waals surface area contributed by atoms with Crippen molar-refractivity contribution in [3.63, 3.8) is 0 Å². The van der Waals surface area contributed by atoms with Gasteiger partial charge < -0.3 is 15.0 Å². The van der Waals surface area contributed by atoms with Crippen LogP contribution in [0.15, 0.2) is 17.2 Å². The highest BCUT2D eigenvalue weighted by Crippen LogP contribution is 2.27. The SMILES string of the molecule is S=C(NC[C@@H]1CCCO1)N/N=C\c1ccc(N2CCCCC2)s1. The summed E-state index contributed by atoms with van der Waals surface area (Å²) in [6.07, 6.45) is 8.31. The van der Waals surface area contributed by atoms with Gasteiger partial charge in [-0.05, 0) is 56.5 Å². The number of hydrogen-bond acceptors (Lipinski definition) is 5. The maximum atomic E-state index is 5.55. The van der Waals surface area contributed by atoms with Crippen molar-refractivity contribution in [1.82, 2.24) is 10.7 Å². The zero-order valence-electron chi connectivity index (χ0n) is 13.3. The van der Waals surface area contributed by atoms with E-state index in [4.69, 9.17) is 17.0 Å². The van der Waals surface area contributed by atoms with Gasteiger partial charge in [0.2, 0.25) is 0 Å². The topological polar surface area (TPSA) is 48.9 Å². The zero-order valence-corrected chi connectivity index (χ0v) is 14.9. The molecule has 0 aliphatic carbocycles. The highest BCUT2D eigenvalue weighted by atomic mass is 32.1. The van der Waals surface area contributed by atoms with Crippen molar-refractivity contribution in [3.8, 4) is 0 Å². The van der Waals surface area contributed by atoms with Gasteiger partial charge in [0.1, 0.15) is 0 Å². The Morgan fingerprint density at radius 3 is 3.00 bits per heavy atom. The van der Waals surface area contributed by atoms with E-state index in [1.165, 1.54) is 37.4 Å². The summed E-state index contributed by atoms with van der Waals surface area (Å²) < 4.78 is 5.55. The van der Waals surface area contributed by atoms with Crippen molar-refractivity contribution in [1.29, 1.82) is 0 Å². The van der Waals surface area contributed by atoms with Gasteiger partial charge in [-0.15, -0.1) is 11.3 Å². The van der Waals surface area contributed by atoms with Gasteiger partial charge >= 0.3 is 0 Å². The first-order valence-corrected chi connectivity index (χ1v) is 9.57. The molecule has 0 aromatic carbocycles. The third kappa shape index (κ3) is 5.16. The largest absolute Gasteiger partial charge is 0.376 e. The van der Waals surface area contributed by atoms with Crippen molar-refractivity contribution >= 4 is 39.9 Å². The summed E-state index contributed by atoms with van der Waals surface area (Å²) in [7, 11) is 0. The number of nitrogens with zero attached hydrogens (tertiary/aromatic N) is 2. The lowest BCUT2D eigenvalue weighted by atomic mass is 10.1. The Hall–Kier alpha value is -1.18. The van der Waals surface area contributed by atoms with Crippen molar-refractivity contribution in [3.05, 3.63) is 17.0 Å². The van der Waals surface area contributed by atoms with E-state index in [1.54, 1.807) is 11.3 Å². The number of anilines is 1. The van der Waals surface area contributed by atoms with Crippen LogP contribution >= 0.6 is 23.6 Å². The van der Waals surface area contributed by atoms with Gasteiger partial charge in [0.25, 0.3) is 0 Å². The Kier molecular flexibility index (Phi) is 6.24. The minimum atomic E-state index is 0.281. The van der Waals surface area contributed by atoms with Crippen LogP contribution in [0.25, 0.3) is 0 Å². The first kappa shape index (κ1) is 16.7. The molecule has 23 heavy (non-hydrogen) atoms. The molecular formula is C16H24N4OS2. The molecule has 2 aliphatic heterocycles. The molecule has 0 spiro atoms. The van der Waals surface area contributed by atoms with Crippen LogP contribution in [0.1, 0.15) is 37.0 Å². The molecule has 0 saturated carbocycles. The molecular weight excluding hydrogens is 328 g/mol. The normalized spacial score (nSPS) is 21.7. The Morgan fingerprint density at radius 2 is 2.22 bits per heavy atom. The van der Waals surface area contributed by atoms with Crippen molar-refractivity contribution in [2.45, 2.75) is 38.2 Å². The molecule has 3 rings (SSSR count). The van der Waals surface area contributed by atoms with E-state index in [0.717, 1.165) is 30.9 Å². The fourth-order valence-electron chi connectivity index (χ4n) is 2.90. The number of nitrogens with one attached hydrogen (secondary N) is 2. The van der Waals surface area contributed by atoms with Crippen molar-refractivity contribution < 1.29 is 4.74 Å². The zero-order chi connectivity index (χ0) is 15.9. The van der Waals surface area contributed by atoms with Crippen LogP contribution in [0.3, 0.4) is 0 Å². The van der Waals surface area contributed by atoms with Gasteiger partial charge in [0.15, 0.2) is 5.11 Å². The monoisotopic (exact) mass is 352 g/mol. The molecule has 0 amide bonds. The quantitative estimate of drug-likeness (QED) is 0.485. The van der Waals surface area contributed by atoms with Crippen LogP contribution in [0, 0.1) is 0 Å². The Morgan fingerprint density at radius 1 is 1.35 bits per heavy atom. The van der Waals surface area contributed by atoms with Crippen LogP contribution in [0.4, 0.5) is 5.00 Å². The van der Waals surface area contributed by atoms with Gasteiger partial charge in [0.05, 0.1) is 17.3 Å². The highest BCUT2D eigenvalue weighted by molar-refractivity contribution is 7.80. The van der Waals surface area contributed by atoms with E-state index in [-0.39, 0.29) is 6.10 Å². The minimum absolute atomic E-state index is 0.281. The molecule has 7 heteroatoms. The average Bonchev–Trinajstić information content (AvgIpc) is 3.26. The Balaban J connectivity index is 1.40. The second-order valence-corrected chi connectivity index (χ2v) is 7.44. The first-order chi connectivity index (χ1) is 11.3. The number of thiophene rings is 1. The number of hydrazone groups is 1. The van der Waals surface area contributed by atoms with E-state index < -0.39 is 0 Å². The number of thiocarbonyl (C=S) groups is 1. The maximum Gasteiger partial charge on any atom is 0.187 e. The number of piperidine rings is 1. The minimum Gasteiger partial charge on any atom is -0.376 e. The standard InChI is InChI=1S/C16H24N4OS2/c22-16(17-11-13-5-4-10-21-13)19-18-12-14-6-7-15(23-14)20-8-2-1-3-9-20/h6-7,12-13H,1-5,8-11H2,(H2,17,19,22)/b18-12-/t13-/m0/s1. The van der Waals surface area contributed by atoms with Gasteiger partial charge in [-0.1, -0.05) is 0 Å². The van der Waals surface area contributed by atoms with Crippen LogP contribution in [-0.2, 0) is 4.74 Å². The molecule has 1 aromatic rings. The summed E-state index contributed by atoms with van der Waals surface area (Å²) in [6.45, 7) is 3.96. The number of ether oxygens (including phenoxy) is 1. The summed E-state index contributed by atoms with van der Waals surface area (Å²) in [5.41, 5.74) is 2.87. The van der Waals surface area contributed by atoms with Gasteiger partial charge in [-0.3, -0.25) is 5.43 Å². The third-order valence-electron chi connectivity index (χ3n) is 4.15. The molecule has 0 radical (unpaired) electrons. The van der Waals surface area contributed by atoms with E-state index in [2.05, 4.69) is 32.9 Å². The highest BCUT2D eigenvalue weighted by Gasteiger charge is 2.15. The Bertz CT molecular complexity index is 534. The molecule has 1 aromatic heterocycles. The van der Waals surface area contributed by atoms with Gasteiger partial charge in [0, 0.05) is 31.1 Å². The van der Waals surface area contributed by atoms with Crippen LogP contribution in [-0.4, -0.2) is 43.7 Å². The molecule has 0 unspecified atom stereocenters. The predicted octanol–water partition coefficient (Wildman–Crippen LogP) is 2.72. The summed E-state index contributed by atoms with van der Waals surface area (Å²) in [5.74, 6) is 0. The number of hydrogen-bond donors (Lipinski definition) is 2. The molecule has 1 atom stereocenters. The maximum absolute atomic E-state index is 5.55. The van der Waals surface area contributed by atoms with Gasteiger partial charge in [-0.25, -0.2) is 0 Å². The second kappa shape index (κ2) is 8.61. The molecule has 2 fully saturated rings. The molecule has 2 saturated heterocycles. The summed E-state index contributed by atoms with van der Waals surface area (Å²) in [5, 5.41) is 9.25. The Labute approximate surface area is 147 Å². The lowest BCUT2D eigenvalue weighted by molar-refractivity contribution is 0.114. The molecule has 3 heterocycles. The van der Waals surface area contributed by atoms with Crippen LogP contribution in [0.2, 0.25) is 0 Å². The average molecular weight is 353 g/mol. The van der Waals surface area contributed by atoms with E-state index in [1.807, 2.05) is 6.21 Å². The van der Waals surface area contributed by atoms with E-state index >= 15 is 0 Å². The lowest BCUT2D eigenvalue weighted by Gasteiger charge is -2.27. The van der Waals surface area contributed by atoms with Gasteiger partial charge in [-0.2, -0.15) is 5.10 Å². The molecule has 5 nitrogen and oxygen atoms in total. The van der Waals surface area contributed by atoms with Crippen LogP contribution in [0.5, 0.6) is 0 Å². The summed E-state index contributed by atoms with van der Waals surface area (Å²) in [6, 6.07) is 4.30. The molecule has 0 bridgehead atoms. The predicted molar refractivity (Wildman–Crippen MR) is 101 cm³/mol. The van der Waals surface area contributed by atoms with Crippen molar-refractivity contribution in [2.75, 3.05) is 31.1 Å². The second-order valence-electron chi connectivity index (χ2n) is 5.94. The summed E-state index contributed by atoms with van der Waals surface area (Å²) >= 11 is 6.99. The van der Waals surface area contributed by atoms with E-state index in [0.29, 0.717) is 5.11 Å². The van der Waals surface area contributed by atoms with E-state index in [9.17, 15) is 0 Å². The molecule has 2 aliphatic rings. The first-order valence-electron chi connectivity index (χ1n) is 8.34. The summed E-state index contributed by atoms with van der Waals surface area (Å²) in [4.78, 5) is 3.60. The molecule has 126 valence electrons. The number of rotatable bonds is 5. The lowest BCUT2D eigenvalue weighted by Crippen LogP contribution is -2.37.